The number of amides is 2. The third kappa shape index (κ3) is 2.55. The summed E-state index contributed by atoms with van der Waals surface area (Å²) in [7, 11) is 0. The zero-order chi connectivity index (χ0) is 15.7. The van der Waals surface area contributed by atoms with Gasteiger partial charge in [-0.05, 0) is 24.6 Å². The van der Waals surface area contributed by atoms with Gasteiger partial charge in [-0.25, -0.2) is 5.01 Å². The van der Waals surface area contributed by atoms with Gasteiger partial charge in [-0.1, -0.05) is 29.8 Å². The van der Waals surface area contributed by atoms with Gasteiger partial charge >= 0.3 is 0 Å². The molecule has 3 rings (SSSR count). The van der Waals surface area contributed by atoms with Crippen LogP contribution in [0.4, 0.5) is 0 Å². The molecule has 0 aliphatic carbocycles. The molecule has 2 aromatic rings. The van der Waals surface area contributed by atoms with E-state index in [1.165, 1.54) is 17.4 Å². The van der Waals surface area contributed by atoms with Crippen molar-refractivity contribution in [2.24, 2.45) is 0 Å². The third-order valence-corrected chi connectivity index (χ3v) is 4.04. The Hall–Kier alpha value is -2.40. The Morgan fingerprint density at radius 1 is 1.18 bits per heavy atom. The van der Waals surface area contributed by atoms with Crippen molar-refractivity contribution in [1.29, 1.82) is 0 Å². The summed E-state index contributed by atoms with van der Waals surface area (Å²) in [4.78, 5) is 28.0. The minimum absolute atomic E-state index is 0.311. The van der Waals surface area contributed by atoms with Crippen LogP contribution >= 0.6 is 11.6 Å². The zero-order valence-electron chi connectivity index (χ0n) is 11.9. The first-order chi connectivity index (χ1) is 10.6. The highest BCUT2D eigenvalue weighted by Gasteiger charge is 2.48. The van der Waals surface area contributed by atoms with Crippen LogP contribution in [0.2, 0.25) is 0 Å². The summed E-state index contributed by atoms with van der Waals surface area (Å²) in [6.45, 7) is 1.98. The van der Waals surface area contributed by atoms with Crippen molar-refractivity contribution >= 4 is 23.4 Å². The molecule has 0 saturated carbocycles. The molecule has 2 heterocycles. The monoisotopic (exact) mass is 315 g/mol. The van der Waals surface area contributed by atoms with Gasteiger partial charge in [0.25, 0.3) is 11.8 Å². The van der Waals surface area contributed by atoms with Crippen molar-refractivity contribution in [3.8, 4) is 0 Å². The molecule has 1 fully saturated rings. The number of nitrogens with one attached hydrogen (secondary N) is 1. The number of carbonyl (C=O) groups is 2. The number of rotatable bonds is 3. The number of hydrogen-bond acceptors (Lipinski definition) is 3. The highest BCUT2D eigenvalue weighted by molar-refractivity contribution is 6.33. The third-order valence-electron chi connectivity index (χ3n) is 3.61. The van der Waals surface area contributed by atoms with Gasteiger partial charge in [-0.3, -0.25) is 20.0 Å². The number of hydrogen-bond donors (Lipinski definition) is 1. The molecule has 1 aliphatic rings. The van der Waals surface area contributed by atoms with E-state index < -0.39 is 5.38 Å². The lowest BCUT2D eigenvalue weighted by Crippen LogP contribution is -2.63. The number of aromatic nitrogens is 1. The summed E-state index contributed by atoms with van der Waals surface area (Å²) < 4.78 is 0. The SMILES string of the molecule is Cc1ccc(C2C(Cl)C(=O)N2NC(=O)c2ccncc2)cc1. The molecule has 0 bridgehead atoms. The number of hydrazine groups is 1. The van der Waals surface area contributed by atoms with Crippen molar-refractivity contribution in [3.05, 3.63) is 65.5 Å². The second kappa shape index (κ2) is 5.77. The Balaban J connectivity index is 1.78. The van der Waals surface area contributed by atoms with E-state index in [-0.39, 0.29) is 17.9 Å². The largest absolute Gasteiger partial charge is 0.271 e. The smallest absolute Gasteiger partial charge is 0.270 e. The lowest BCUT2D eigenvalue weighted by atomic mass is 9.94. The maximum atomic E-state index is 12.2. The van der Waals surface area contributed by atoms with E-state index >= 15 is 0 Å². The van der Waals surface area contributed by atoms with E-state index in [1.54, 1.807) is 12.1 Å². The van der Waals surface area contributed by atoms with Gasteiger partial charge in [-0.2, -0.15) is 0 Å². The van der Waals surface area contributed by atoms with Crippen LogP contribution in [0.25, 0.3) is 0 Å². The van der Waals surface area contributed by atoms with Gasteiger partial charge in [0.15, 0.2) is 0 Å². The summed E-state index contributed by atoms with van der Waals surface area (Å²) in [5.74, 6) is -0.675. The summed E-state index contributed by atoms with van der Waals surface area (Å²) in [5, 5.41) is 0.617. The Bertz CT molecular complexity index is 703. The first-order valence-corrected chi connectivity index (χ1v) is 7.26. The summed E-state index contributed by atoms with van der Waals surface area (Å²) in [5.41, 5.74) is 5.05. The number of pyridine rings is 1. The summed E-state index contributed by atoms with van der Waals surface area (Å²) in [6, 6.07) is 10.5. The molecule has 0 spiro atoms. The lowest BCUT2D eigenvalue weighted by molar-refractivity contribution is -0.149. The van der Waals surface area contributed by atoms with Crippen molar-refractivity contribution < 1.29 is 9.59 Å². The fraction of sp³-hybridized carbons (Fsp3) is 0.188. The van der Waals surface area contributed by atoms with Crippen LogP contribution in [0.1, 0.15) is 27.5 Å². The molecular weight excluding hydrogens is 302 g/mol. The van der Waals surface area contributed by atoms with Gasteiger partial charge in [0, 0.05) is 18.0 Å². The summed E-state index contributed by atoms with van der Waals surface area (Å²) in [6.07, 6.45) is 3.04. The van der Waals surface area contributed by atoms with Crippen LogP contribution < -0.4 is 5.43 Å². The average molecular weight is 316 g/mol. The maximum absolute atomic E-state index is 12.2. The zero-order valence-corrected chi connectivity index (χ0v) is 12.6. The minimum Gasteiger partial charge on any atom is -0.271 e. The number of carbonyl (C=O) groups excluding carboxylic acids is 2. The van der Waals surface area contributed by atoms with E-state index in [1.807, 2.05) is 31.2 Å². The molecule has 1 aromatic heterocycles. The molecule has 112 valence electrons. The molecule has 1 N–H and O–H groups in total. The van der Waals surface area contributed by atoms with Crippen molar-refractivity contribution in [1.82, 2.24) is 15.4 Å². The minimum atomic E-state index is -0.666. The van der Waals surface area contributed by atoms with Crippen LogP contribution in [0.5, 0.6) is 0 Å². The molecule has 22 heavy (non-hydrogen) atoms. The number of alkyl halides is 1. The molecule has 2 unspecified atom stereocenters. The van der Waals surface area contributed by atoms with Crippen molar-refractivity contribution in [3.63, 3.8) is 0 Å². The number of β-lactam (4-membered cyclic amide) rings is 1. The Labute approximate surface area is 132 Å². The molecule has 2 amide bonds. The Morgan fingerprint density at radius 2 is 1.82 bits per heavy atom. The number of nitrogens with zero attached hydrogens (tertiary/aromatic N) is 2. The molecule has 5 nitrogen and oxygen atoms in total. The van der Waals surface area contributed by atoms with Gasteiger partial charge in [-0.15, -0.1) is 11.6 Å². The molecule has 6 heteroatoms. The molecule has 0 radical (unpaired) electrons. The number of aryl methyl sites for hydroxylation is 1. The topological polar surface area (TPSA) is 62.3 Å². The van der Waals surface area contributed by atoms with E-state index in [2.05, 4.69) is 10.4 Å². The summed E-state index contributed by atoms with van der Waals surface area (Å²) >= 11 is 6.11. The van der Waals surface area contributed by atoms with E-state index in [0.717, 1.165) is 11.1 Å². The normalized spacial score (nSPS) is 20.5. The van der Waals surface area contributed by atoms with Gasteiger partial charge in [0.2, 0.25) is 0 Å². The van der Waals surface area contributed by atoms with Crippen LogP contribution in [-0.4, -0.2) is 27.2 Å². The van der Waals surface area contributed by atoms with E-state index in [9.17, 15) is 9.59 Å². The lowest BCUT2D eigenvalue weighted by Gasteiger charge is -2.43. The van der Waals surface area contributed by atoms with E-state index in [0.29, 0.717) is 5.56 Å². The second-order valence-electron chi connectivity index (χ2n) is 5.14. The van der Waals surface area contributed by atoms with Crippen molar-refractivity contribution in [2.45, 2.75) is 18.3 Å². The van der Waals surface area contributed by atoms with Crippen LogP contribution in [-0.2, 0) is 4.79 Å². The predicted octanol–water partition coefficient (Wildman–Crippen LogP) is 2.23. The predicted molar refractivity (Wildman–Crippen MR) is 82.1 cm³/mol. The molecule has 2 atom stereocenters. The molecule has 1 saturated heterocycles. The quantitative estimate of drug-likeness (QED) is 0.698. The Kier molecular flexibility index (Phi) is 3.81. The fourth-order valence-electron chi connectivity index (χ4n) is 2.34. The standard InChI is InChI=1S/C16H14ClN3O2/c1-10-2-4-11(5-3-10)14-13(17)16(22)20(14)19-15(21)12-6-8-18-9-7-12/h2-9,13-14H,1H3,(H,19,21). The van der Waals surface area contributed by atoms with Crippen LogP contribution in [0, 0.1) is 6.92 Å². The number of benzene rings is 1. The second-order valence-corrected chi connectivity index (χ2v) is 5.61. The Morgan fingerprint density at radius 3 is 2.45 bits per heavy atom. The first-order valence-electron chi connectivity index (χ1n) is 6.82. The van der Waals surface area contributed by atoms with Crippen molar-refractivity contribution in [2.75, 3.05) is 0 Å². The van der Waals surface area contributed by atoms with Gasteiger partial charge in [0.05, 0.1) is 0 Å². The van der Waals surface area contributed by atoms with Crippen LogP contribution in [0.3, 0.4) is 0 Å². The van der Waals surface area contributed by atoms with E-state index in [4.69, 9.17) is 11.6 Å². The molecular formula is C16H14ClN3O2. The van der Waals surface area contributed by atoms with Gasteiger partial charge < -0.3 is 0 Å². The van der Waals surface area contributed by atoms with Gasteiger partial charge in [0.1, 0.15) is 11.4 Å². The average Bonchev–Trinajstić information content (AvgIpc) is 2.56. The maximum Gasteiger partial charge on any atom is 0.270 e. The number of halogens is 1. The van der Waals surface area contributed by atoms with Crippen LogP contribution in [0.15, 0.2) is 48.8 Å². The highest BCUT2D eigenvalue weighted by atomic mass is 35.5. The fourth-order valence-corrected chi connectivity index (χ4v) is 2.70. The highest BCUT2D eigenvalue weighted by Crippen LogP contribution is 2.37. The molecule has 1 aromatic carbocycles. The first kappa shape index (κ1) is 14.5. The molecule has 1 aliphatic heterocycles.